The van der Waals surface area contributed by atoms with Crippen molar-refractivity contribution in [2.24, 2.45) is 5.92 Å². The zero-order valence-corrected chi connectivity index (χ0v) is 15.6. The summed E-state index contributed by atoms with van der Waals surface area (Å²) < 4.78 is 13.1. The molecular formula is C23H23FN2O2. The summed E-state index contributed by atoms with van der Waals surface area (Å²) in [6.45, 7) is 2.24. The Morgan fingerprint density at radius 2 is 1.54 bits per heavy atom. The summed E-state index contributed by atoms with van der Waals surface area (Å²) >= 11 is 0. The third-order valence-corrected chi connectivity index (χ3v) is 5.53. The largest absolute Gasteiger partial charge is 0.339 e. The summed E-state index contributed by atoms with van der Waals surface area (Å²) in [5.74, 6) is 0.0643. The van der Waals surface area contributed by atoms with Crippen molar-refractivity contribution < 1.29 is 14.0 Å². The van der Waals surface area contributed by atoms with Gasteiger partial charge in [0.25, 0.3) is 0 Å². The third kappa shape index (κ3) is 4.14. The van der Waals surface area contributed by atoms with Crippen molar-refractivity contribution in [1.29, 1.82) is 0 Å². The van der Waals surface area contributed by atoms with Gasteiger partial charge in [-0.3, -0.25) is 9.59 Å². The van der Waals surface area contributed by atoms with E-state index in [0.717, 1.165) is 17.5 Å². The molecule has 5 heteroatoms. The molecule has 28 heavy (non-hydrogen) atoms. The van der Waals surface area contributed by atoms with E-state index in [1.165, 1.54) is 12.1 Å². The number of hydrogen-bond acceptors (Lipinski definition) is 2. The molecule has 1 saturated heterocycles. The van der Waals surface area contributed by atoms with Crippen molar-refractivity contribution in [2.45, 2.75) is 12.3 Å². The van der Waals surface area contributed by atoms with Crippen molar-refractivity contribution in [2.75, 3.05) is 26.2 Å². The van der Waals surface area contributed by atoms with Gasteiger partial charge in [-0.25, -0.2) is 4.39 Å². The number of amides is 2. The topological polar surface area (TPSA) is 40.6 Å². The Kier molecular flexibility index (Phi) is 5.24. The normalized spacial score (nSPS) is 21.8. The van der Waals surface area contributed by atoms with Gasteiger partial charge in [0, 0.05) is 38.2 Å². The highest BCUT2D eigenvalue weighted by molar-refractivity contribution is 5.92. The lowest BCUT2D eigenvalue weighted by atomic mass is 10.1. The SMILES string of the molecule is O=C(/C=C/c1ccccc1)N1CCN(C(=O)[C@H]2C[C@H]2c2ccc(F)cc2)CC1. The molecule has 1 heterocycles. The molecule has 1 aliphatic carbocycles. The van der Waals surface area contributed by atoms with Gasteiger partial charge in [-0.05, 0) is 41.7 Å². The molecule has 0 N–H and O–H groups in total. The number of piperazine rings is 1. The van der Waals surface area contributed by atoms with Crippen molar-refractivity contribution in [3.63, 3.8) is 0 Å². The highest BCUT2D eigenvalue weighted by Gasteiger charge is 2.46. The number of rotatable bonds is 4. The number of carbonyl (C=O) groups is 2. The highest BCUT2D eigenvalue weighted by atomic mass is 19.1. The van der Waals surface area contributed by atoms with Crippen LogP contribution in [0.3, 0.4) is 0 Å². The quantitative estimate of drug-likeness (QED) is 0.766. The van der Waals surface area contributed by atoms with E-state index in [2.05, 4.69) is 0 Å². The maximum absolute atomic E-state index is 13.1. The molecule has 2 atom stereocenters. The van der Waals surface area contributed by atoms with Gasteiger partial charge in [0.1, 0.15) is 5.82 Å². The molecule has 1 aliphatic heterocycles. The second kappa shape index (κ2) is 7.97. The van der Waals surface area contributed by atoms with Gasteiger partial charge in [0.2, 0.25) is 11.8 Å². The van der Waals surface area contributed by atoms with Crippen LogP contribution in [0.4, 0.5) is 4.39 Å². The molecule has 0 bridgehead atoms. The second-order valence-corrected chi connectivity index (χ2v) is 7.39. The van der Waals surface area contributed by atoms with Crippen LogP contribution in [0.25, 0.3) is 6.08 Å². The zero-order chi connectivity index (χ0) is 19.5. The molecule has 4 nitrogen and oxygen atoms in total. The number of benzene rings is 2. The van der Waals surface area contributed by atoms with E-state index in [4.69, 9.17) is 0 Å². The van der Waals surface area contributed by atoms with Crippen LogP contribution >= 0.6 is 0 Å². The molecule has 2 amide bonds. The Morgan fingerprint density at radius 1 is 0.893 bits per heavy atom. The van der Waals surface area contributed by atoms with Crippen LogP contribution in [0, 0.1) is 11.7 Å². The van der Waals surface area contributed by atoms with E-state index >= 15 is 0 Å². The minimum Gasteiger partial charge on any atom is -0.339 e. The first-order valence-corrected chi connectivity index (χ1v) is 9.68. The third-order valence-electron chi connectivity index (χ3n) is 5.53. The molecule has 2 aromatic rings. The van der Waals surface area contributed by atoms with E-state index < -0.39 is 0 Å². The molecule has 2 aliphatic rings. The van der Waals surface area contributed by atoms with Gasteiger partial charge in [-0.15, -0.1) is 0 Å². The molecule has 2 fully saturated rings. The fourth-order valence-corrected chi connectivity index (χ4v) is 3.77. The Bertz CT molecular complexity index is 871. The second-order valence-electron chi connectivity index (χ2n) is 7.39. The minimum atomic E-state index is -0.255. The summed E-state index contributed by atoms with van der Waals surface area (Å²) in [6, 6.07) is 16.1. The predicted molar refractivity (Wildman–Crippen MR) is 106 cm³/mol. The first kappa shape index (κ1) is 18.4. The zero-order valence-electron chi connectivity index (χ0n) is 15.6. The van der Waals surface area contributed by atoms with Crippen molar-refractivity contribution in [1.82, 2.24) is 9.80 Å². The predicted octanol–water partition coefficient (Wildman–Crippen LogP) is 3.31. The summed E-state index contributed by atoms with van der Waals surface area (Å²) in [6.07, 6.45) is 4.24. The van der Waals surface area contributed by atoms with Crippen LogP contribution in [0.1, 0.15) is 23.5 Å². The van der Waals surface area contributed by atoms with E-state index in [0.29, 0.717) is 26.2 Å². The van der Waals surface area contributed by atoms with Gasteiger partial charge < -0.3 is 9.80 Å². The fraction of sp³-hybridized carbons (Fsp3) is 0.304. The summed E-state index contributed by atoms with van der Waals surface area (Å²) in [5.41, 5.74) is 2.02. The standard InChI is InChI=1S/C23H23FN2O2/c24-19-9-7-18(8-10-19)20-16-21(20)23(28)26-14-12-25(13-15-26)22(27)11-6-17-4-2-1-3-5-17/h1-11,20-21H,12-16H2/b11-6+/t20-,21-/m0/s1. The summed E-state index contributed by atoms with van der Waals surface area (Å²) in [4.78, 5) is 28.7. The van der Waals surface area contributed by atoms with Gasteiger partial charge in [-0.1, -0.05) is 42.5 Å². The van der Waals surface area contributed by atoms with Crippen LogP contribution in [0.15, 0.2) is 60.7 Å². The maximum atomic E-state index is 13.1. The highest BCUT2D eigenvalue weighted by Crippen LogP contribution is 2.48. The van der Waals surface area contributed by atoms with E-state index in [1.807, 2.05) is 41.3 Å². The van der Waals surface area contributed by atoms with Gasteiger partial charge >= 0.3 is 0 Å². The van der Waals surface area contributed by atoms with Crippen molar-refractivity contribution in [3.05, 3.63) is 77.6 Å². The molecule has 0 radical (unpaired) electrons. The molecule has 0 unspecified atom stereocenters. The number of hydrogen-bond donors (Lipinski definition) is 0. The van der Waals surface area contributed by atoms with Crippen LogP contribution < -0.4 is 0 Å². The number of halogens is 1. The lowest BCUT2D eigenvalue weighted by molar-refractivity contribution is -0.138. The molecular weight excluding hydrogens is 355 g/mol. The van der Waals surface area contributed by atoms with Crippen LogP contribution in [-0.4, -0.2) is 47.8 Å². The lowest BCUT2D eigenvalue weighted by Gasteiger charge is -2.34. The Labute approximate surface area is 164 Å². The van der Waals surface area contributed by atoms with E-state index in [1.54, 1.807) is 23.1 Å². The summed E-state index contributed by atoms with van der Waals surface area (Å²) in [5, 5.41) is 0. The monoisotopic (exact) mass is 378 g/mol. The van der Waals surface area contributed by atoms with Crippen molar-refractivity contribution in [3.8, 4) is 0 Å². The number of carbonyl (C=O) groups excluding carboxylic acids is 2. The number of nitrogens with zero attached hydrogens (tertiary/aromatic N) is 2. The van der Waals surface area contributed by atoms with Crippen LogP contribution in [-0.2, 0) is 9.59 Å². The Morgan fingerprint density at radius 3 is 2.21 bits per heavy atom. The van der Waals surface area contributed by atoms with Gasteiger partial charge in [0.15, 0.2) is 0 Å². The molecule has 1 saturated carbocycles. The first-order chi connectivity index (χ1) is 13.6. The summed E-state index contributed by atoms with van der Waals surface area (Å²) in [7, 11) is 0. The van der Waals surface area contributed by atoms with Crippen LogP contribution in [0.2, 0.25) is 0 Å². The Balaban J connectivity index is 1.27. The fourth-order valence-electron chi connectivity index (χ4n) is 3.77. The molecule has 144 valence electrons. The van der Waals surface area contributed by atoms with E-state index in [-0.39, 0.29) is 29.5 Å². The smallest absolute Gasteiger partial charge is 0.246 e. The average Bonchev–Trinajstić information content (AvgIpc) is 3.54. The van der Waals surface area contributed by atoms with Crippen LogP contribution in [0.5, 0.6) is 0 Å². The van der Waals surface area contributed by atoms with E-state index in [9.17, 15) is 14.0 Å². The first-order valence-electron chi connectivity index (χ1n) is 9.68. The van der Waals surface area contributed by atoms with Gasteiger partial charge in [-0.2, -0.15) is 0 Å². The molecule has 0 spiro atoms. The molecule has 2 aromatic carbocycles. The Hall–Kier alpha value is -2.95. The van der Waals surface area contributed by atoms with Crippen molar-refractivity contribution >= 4 is 17.9 Å². The lowest BCUT2D eigenvalue weighted by Crippen LogP contribution is -2.50. The average molecular weight is 378 g/mol. The molecule has 4 rings (SSSR count). The maximum Gasteiger partial charge on any atom is 0.246 e. The molecule has 0 aromatic heterocycles. The minimum absolute atomic E-state index is 0.00862. The van der Waals surface area contributed by atoms with Gasteiger partial charge in [0.05, 0.1) is 0 Å².